The third-order valence-electron chi connectivity index (χ3n) is 3.38. The first kappa shape index (κ1) is 14.0. The van der Waals surface area contributed by atoms with Crippen LogP contribution in [0.2, 0.25) is 0 Å². The predicted octanol–water partition coefficient (Wildman–Crippen LogP) is 3.12. The van der Waals surface area contributed by atoms with Gasteiger partial charge in [0.15, 0.2) is 11.5 Å². The number of para-hydroxylation sites is 1. The Labute approximate surface area is 129 Å². The van der Waals surface area contributed by atoms with E-state index in [1.165, 1.54) is 0 Å². The molecule has 5 nitrogen and oxygen atoms in total. The van der Waals surface area contributed by atoms with Crippen molar-refractivity contribution in [3.63, 3.8) is 0 Å². The van der Waals surface area contributed by atoms with Gasteiger partial charge in [-0.1, -0.05) is 24.3 Å². The smallest absolute Gasteiger partial charge is 0.168 e. The lowest BCUT2D eigenvalue weighted by molar-refractivity contribution is 0.905. The summed E-state index contributed by atoms with van der Waals surface area (Å²) in [6.07, 6.45) is 2.79. The number of nitrogens with one attached hydrogen (secondary N) is 2. The molecule has 0 aliphatic carbocycles. The van der Waals surface area contributed by atoms with Crippen LogP contribution < -0.4 is 10.6 Å². The first-order valence-electron chi connectivity index (χ1n) is 7.28. The molecule has 110 valence electrons. The van der Waals surface area contributed by atoms with Crippen LogP contribution in [0, 0.1) is 11.3 Å². The third-order valence-corrected chi connectivity index (χ3v) is 3.38. The van der Waals surface area contributed by atoms with E-state index < -0.39 is 0 Å². The van der Waals surface area contributed by atoms with Gasteiger partial charge in [0.25, 0.3) is 0 Å². The lowest BCUT2D eigenvalue weighted by Gasteiger charge is -2.06. The molecule has 0 radical (unpaired) electrons. The summed E-state index contributed by atoms with van der Waals surface area (Å²) in [4.78, 5) is 4.45. The largest absolute Gasteiger partial charge is 0.385 e. The van der Waals surface area contributed by atoms with Crippen molar-refractivity contribution in [1.82, 2.24) is 9.38 Å². The molecular formula is C17H17N5. The Kier molecular flexibility index (Phi) is 4.21. The van der Waals surface area contributed by atoms with E-state index in [2.05, 4.69) is 21.7 Å². The van der Waals surface area contributed by atoms with Gasteiger partial charge < -0.3 is 10.6 Å². The van der Waals surface area contributed by atoms with Crippen LogP contribution in [-0.4, -0.2) is 22.5 Å². The van der Waals surface area contributed by atoms with Gasteiger partial charge >= 0.3 is 0 Å². The summed E-state index contributed by atoms with van der Waals surface area (Å²) in [7, 11) is 0. The molecule has 0 aliphatic heterocycles. The molecular weight excluding hydrogens is 274 g/mol. The number of benzene rings is 1. The van der Waals surface area contributed by atoms with Crippen molar-refractivity contribution < 1.29 is 0 Å². The number of nitriles is 1. The van der Waals surface area contributed by atoms with Crippen molar-refractivity contribution in [2.75, 3.05) is 23.7 Å². The molecule has 3 rings (SSSR count). The molecule has 0 atom stereocenters. The second kappa shape index (κ2) is 6.64. The second-order valence-electron chi connectivity index (χ2n) is 4.92. The highest BCUT2D eigenvalue weighted by Crippen LogP contribution is 2.16. The fourth-order valence-electron chi connectivity index (χ4n) is 2.31. The molecule has 0 bridgehead atoms. The van der Waals surface area contributed by atoms with E-state index in [1.807, 2.05) is 54.7 Å². The molecule has 0 saturated carbocycles. The second-order valence-corrected chi connectivity index (χ2v) is 4.92. The van der Waals surface area contributed by atoms with Crippen molar-refractivity contribution in [2.45, 2.75) is 6.42 Å². The normalized spacial score (nSPS) is 10.3. The zero-order valence-corrected chi connectivity index (χ0v) is 12.2. The fourth-order valence-corrected chi connectivity index (χ4v) is 2.31. The van der Waals surface area contributed by atoms with Gasteiger partial charge in [-0.05, 0) is 30.7 Å². The van der Waals surface area contributed by atoms with Crippen molar-refractivity contribution >= 4 is 17.2 Å². The van der Waals surface area contributed by atoms with E-state index in [-0.39, 0.29) is 0 Å². The van der Waals surface area contributed by atoms with Gasteiger partial charge in [0.2, 0.25) is 0 Å². The predicted molar refractivity (Wildman–Crippen MR) is 87.9 cm³/mol. The third kappa shape index (κ3) is 3.01. The summed E-state index contributed by atoms with van der Waals surface area (Å²) in [6, 6.07) is 18.0. The van der Waals surface area contributed by atoms with Crippen molar-refractivity contribution in [3.05, 3.63) is 60.4 Å². The maximum absolute atomic E-state index is 9.29. The number of hydrogen-bond acceptors (Lipinski definition) is 4. The van der Waals surface area contributed by atoms with E-state index in [0.717, 1.165) is 30.8 Å². The molecule has 3 aromatic rings. The standard InChI is InChI=1S/C17H17N5/c18-13-15-17(21-16-9-4-5-12-22(15)16)20-11-6-10-19-14-7-2-1-3-8-14/h1-5,7-9,12,19-20H,6,10-11H2. The summed E-state index contributed by atoms with van der Waals surface area (Å²) in [5, 5.41) is 15.9. The van der Waals surface area contributed by atoms with E-state index >= 15 is 0 Å². The highest BCUT2D eigenvalue weighted by molar-refractivity contribution is 5.58. The van der Waals surface area contributed by atoms with Crippen molar-refractivity contribution in [3.8, 4) is 6.07 Å². The molecule has 0 aliphatic rings. The summed E-state index contributed by atoms with van der Waals surface area (Å²) in [5.74, 6) is 0.647. The summed E-state index contributed by atoms with van der Waals surface area (Å²) < 4.78 is 1.80. The van der Waals surface area contributed by atoms with E-state index in [4.69, 9.17) is 0 Å². The SMILES string of the molecule is N#Cc1c(NCCCNc2ccccc2)nc2ccccn12. The molecule has 2 heterocycles. The number of anilines is 2. The fraction of sp³-hybridized carbons (Fsp3) is 0.176. The Bertz CT molecular complexity index is 786. The maximum Gasteiger partial charge on any atom is 0.168 e. The first-order chi connectivity index (χ1) is 10.9. The Morgan fingerprint density at radius 2 is 1.77 bits per heavy atom. The van der Waals surface area contributed by atoms with Gasteiger partial charge in [-0.25, -0.2) is 4.98 Å². The van der Waals surface area contributed by atoms with Gasteiger partial charge in [0, 0.05) is 25.0 Å². The molecule has 0 unspecified atom stereocenters. The van der Waals surface area contributed by atoms with Crippen molar-refractivity contribution in [2.24, 2.45) is 0 Å². The Morgan fingerprint density at radius 1 is 1.00 bits per heavy atom. The number of hydrogen-bond donors (Lipinski definition) is 2. The maximum atomic E-state index is 9.29. The van der Waals surface area contributed by atoms with Crippen LogP contribution in [0.25, 0.3) is 5.65 Å². The van der Waals surface area contributed by atoms with Gasteiger partial charge in [0.1, 0.15) is 11.7 Å². The number of pyridine rings is 1. The van der Waals surface area contributed by atoms with Crippen LogP contribution in [0.15, 0.2) is 54.7 Å². The van der Waals surface area contributed by atoms with E-state index in [1.54, 1.807) is 4.40 Å². The van der Waals surface area contributed by atoms with Crippen LogP contribution in [0.5, 0.6) is 0 Å². The molecule has 5 heteroatoms. The minimum absolute atomic E-state index is 0.548. The number of fused-ring (bicyclic) bond motifs is 1. The Morgan fingerprint density at radius 3 is 2.59 bits per heavy atom. The molecule has 0 fully saturated rings. The molecule has 2 N–H and O–H groups in total. The van der Waals surface area contributed by atoms with Gasteiger partial charge in [-0.3, -0.25) is 4.40 Å². The quantitative estimate of drug-likeness (QED) is 0.685. The van der Waals surface area contributed by atoms with Gasteiger partial charge in [-0.15, -0.1) is 0 Å². The monoisotopic (exact) mass is 291 g/mol. The van der Waals surface area contributed by atoms with Crippen LogP contribution in [0.4, 0.5) is 11.5 Å². The summed E-state index contributed by atoms with van der Waals surface area (Å²) in [5.41, 5.74) is 2.45. The number of aromatic nitrogens is 2. The Balaban J connectivity index is 1.55. The van der Waals surface area contributed by atoms with Crippen LogP contribution in [-0.2, 0) is 0 Å². The lowest BCUT2D eigenvalue weighted by Crippen LogP contribution is -2.10. The molecule has 2 aromatic heterocycles. The molecule has 0 amide bonds. The highest BCUT2D eigenvalue weighted by Gasteiger charge is 2.10. The first-order valence-corrected chi connectivity index (χ1v) is 7.28. The Hall–Kier alpha value is -3.00. The minimum Gasteiger partial charge on any atom is -0.385 e. The van der Waals surface area contributed by atoms with E-state index in [0.29, 0.717) is 11.5 Å². The topological polar surface area (TPSA) is 65.2 Å². The van der Waals surface area contributed by atoms with Crippen LogP contribution in [0.1, 0.15) is 12.1 Å². The van der Waals surface area contributed by atoms with Crippen molar-refractivity contribution in [1.29, 1.82) is 5.26 Å². The number of imidazole rings is 1. The van der Waals surface area contributed by atoms with Gasteiger partial charge in [-0.2, -0.15) is 5.26 Å². The van der Waals surface area contributed by atoms with Gasteiger partial charge in [0.05, 0.1) is 0 Å². The average Bonchev–Trinajstić information content (AvgIpc) is 2.93. The highest BCUT2D eigenvalue weighted by atomic mass is 15.1. The molecule has 1 aromatic carbocycles. The number of rotatable bonds is 6. The zero-order valence-electron chi connectivity index (χ0n) is 12.2. The lowest BCUT2D eigenvalue weighted by atomic mass is 10.3. The molecule has 22 heavy (non-hydrogen) atoms. The number of nitrogens with zero attached hydrogens (tertiary/aromatic N) is 3. The molecule has 0 spiro atoms. The zero-order chi connectivity index (χ0) is 15.2. The minimum atomic E-state index is 0.548. The summed E-state index contributed by atoms with van der Waals surface area (Å²) >= 11 is 0. The average molecular weight is 291 g/mol. The molecule has 0 saturated heterocycles. The van der Waals surface area contributed by atoms with E-state index in [9.17, 15) is 5.26 Å². The summed E-state index contributed by atoms with van der Waals surface area (Å²) in [6.45, 7) is 1.63. The van der Waals surface area contributed by atoms with Crippen LogP contribution >= 0.6 is 0 Å². The van der Waals surface area contributed by atoms with Crippen LogP contribution in [0.3, 0.4) is 0 Å².